The summed E-state index contributed by atoms with van der Waals surface area (Å²) in [5, 5.41) is 0. The van der Waals surface area contributed by atoms with Crippen LogP contribution in [0.15, 0.2) is 30.1 Å². The van der Waals surface area contributed by atoms with Gasteiger partial charge < -0.3 is 0 Å². The molecule has 1 aromatic rings. The van der Waals surface area contributed by atoms with Crippen LogP contribution >= 0.6 is 0 Å². The van der Waals surface area contributed by atoms with E-state index in [9.17, 15) is 21.6 Å². The van der Waals surface area contributed by atoms with Crippen molar-refractivity contribution in [2.45, 2.75) is 13.3 Å². The van der Waals surface area contributed by atoms with Gasteiger partial charge in [-0.1, -0.05) is 29.8 Å². The van der Waals surface area contributed by atoms with Crippen LogP contribution in [0.4, 0.5) is 13.2 Å². The lowest BCUT2D eigenvalue weighted by atomic mass is 10.1. The van der Waals surface area contributed by atoms with Crippen molar-refractivity contribution >= 4 is 15.0 Å². The zero-order valence-electron chi connectivity index (χ0n) is 8.69. The van der Waals surface area contributed by atoms with Crippen molar-refractivity contribution in [1.29, 1.82) is 0 Å². The molecular weight excluding hydrogens is 257 g/mol. The fraction of sp³-hybridized carbons (Fsp3) is 0.200. The van der Waals surface area contributed by atoms with E-state index in [0.717, 1.165) is 17.7 Å². The van der Waals surface area contributed by atoms with E-state index in [1.165, 1.54) is 12.1 Å². The lowest BCUT2D eigenvalue weighted by Gasteiger charge is -2.07. The topological polar surface area (TPSA) is 54.4 Å². The lowest BCUT2D eigenvalue weighted by Crippen LogP contribution is -2.07. The molecular formula is C10H9F3O3S. The fourth-order valence-electron chi connectivity index (χ4n) is 1.21. The minimum absolute atomic E-state index is 0.323. The molecule has 7 heteroatoms. The molecule has 0 aliphatic rings. The molecule has 0 fully saturated rings. The molecule has 94 valence electrons. The molecule has 0 aliphatic heterocycles. The first-order valence-corrected chi connectivity index (χ1v) is 5.90. The number of hydrogen-bond acceptors (Lipinski definition) is 2. The van der Waals surface area contributed by atoms with E-state index in [-0.39, 0.29) is 5.56 Å². The van der Waals surface area contributed by atoms with E-state index >= 15 is 0 Å². The summed E-state index contributed by atoms with van der Waals surface area (Å²) in [6, 6.07) is 5.11. The molecule has 1 N–H and O–H groups in total. The summed E-state index contributed by atoms with van der Waals surface area (Å²) in [5.41, 5.74) is 0.414. The third-order valence-corrected chi connectivity index (χ3v) is 2.93. The Kier molecular flexibility index (Phi) is 3.94. The molecule has 0 aromatic heterocycles. The second kappa shape index (κ2) is 4.89. The predicted molar refractivity (Wildman–Crippen MR) is 56.8 cm³/mol. The number of alkyl halides is 2. The standard InChI is InChI=1S/C10H9F3O3S/c1-6-2-4-7(5-3-6)9(17(14,15)16)8(11)10(12)13/h2-5,10H,1H3,(H,14,15,16)/b9-8-. The molecule has 0 unspecified atom stereocenters. The van der Waals surface area contributed by atoms with Crippen LogP contribution in [0.25, 0.3) is 4.91 Å². The van der Waals surface area contributed by atoms with Gasteiger partial charge in [0.2, 0.25) is 0 Å². The van der Waals surface area contributed by atoms with Crippen LogP contribution in [-0.2, 0) is 10.1 Å². The summed E-state index contributed by atoms with van der Waals surface area (Å²) in [4.78, 5) is -1.40. The summed E-state index contributed by atoms with van der Waals surface area (Å²) in [7, 11) is -5.05. The third kappa shape index (κ3) is 3.31. The average molecular weight is 266 g/mol. The maximum absolute atomic E-state index is 13.1. The third-order valence-electron chi connectivity index (χ3n) is 1.98. The quantitative estimate of drug-likeness (QED) is 0.856. The normalized spacial score (nSPS) is 13.8. The van der Waals surface area contributed by atoms with Gasteiger partial charge in [-0.05, 0) is 12.5 Å². The summed E-state index contributed by atoms with van der Waals surface area (Å²) < 4.78 is 67.9. The first kappa shape index (κ1) is 13.7. The van der Waals surface area contributed by atoms with Crippen molar-refractivity contribution in [2.75, 3.05) is 0 Å². The number of allylic oxidation sites excluding steroid dienone is 1. The first-order chi connectivity index (χ1) is 7.73. The Morgan fingerprint density at radius 1 is 1.24 bits per heavy atom. The zero-order valence-corrected chi connectivity index (χ0v) is 9.51. The SMILES string of the molecule is Cc1ccc(/C(=C(/F)C(F)F)S(=O)(=O)O)cc1. The highest BCUT2D eigenvalue weighted by molar-refractivity contribution is 7.95. The van der Waals surface area contributed by atoms with E-state index in [1.807, 2.05) is 0 Å². The second-order valence-corrected chi connectivity index (χ2v) is 4.68. The molecule has 0 saturated heterocycles. The molecule has 0 spiro atoms. The Bertz CT molecular complexity index is 532. The van der Waals surface area contributed by atoms with Gasteiger partial charge in [-0.15, -0.1) is 0 Å². The molecule has 1 aromatic carbocycles. The van der Waals surface area contributed by atoms with Crippen molar-refractivity contribution in [2.24, 2.45) is 0 Å². The summed E-state index contributed by atoms with van der Waals surface area (Å²) in [5.74, 6) is -2.17. The Balaban J connectivity index is 3.47. The number of hydrogen-bond donors (Lipinski definition) is 1. The van der Waals surface area contributed by atoms with Gasteiger partial charge in [-0.2, -0.15) is 8.42 Å². The van der Waals surface area contributed by atoms with Gasteiger partial charge in [0.1, 0.15) is 4.91 Å². The molecule has 0 radical (unpaired) electrons. The molecule has 0 saturated carbocycles. The average Bonchev–Trinajstić information content (AvgIpc) is 2.19. The highest BCUT2D eigenvalue weighted by Gasteiger charge is 2.27. The van der Waals surface area contributed by atoms with Crippen LogP contribution in [0.2, 0.25) is 0 Å². The Morgan fingerprint density at radius 3 is 2.06 bits per heavy atom. The van der Waals surface area contributed by atoms with E-state index in [1.54, 1.807) is 6.92 Å². The van der Waals surface area contributed by atoms with Crippen molar-refractivity contribution in [3.63, 3.8) is 0 Å². The van der Waals surface area contributed by atoms with E-state index in [0.29, 0.717) is 0 Å². The molecule has 0 atom stereocenters. The van der Waals surface area contributed by atoms with E-state index in [2.05, 4.69) is 0 Å². The van der Waals surface area contributed by atoms with Crippen LogP contribution < -0.4 is 0 Å². The van der Waals surface area contributed by atoms with Gasteiger partial charge in [0, 0.05) is 0 Å². The minimum atomic E-state index is -5.05. The molecule has 0 aliphatic carbocycles. The van der Waals surface area contributed by atoms with Gasteiger partial charge in [-0.25, -0.2) is 13.2 Å². The lowest BCUT2D eigenvalue weighted by molar-refractivity contribution is 0.160. The zero-order chi connectivity index (χ0) is 13.2. The highest BCUT2D eigenvalue weighted by atomic mass is 32.2. The van der Waals surface area contributed by atoms with Gasteiger partial charge in [-0.3, -0.25) is 4.55 Å². The Hall–Kier alpha value is -1.34. The number of halogens is 3. The fourth-order valence-corrected chi connectivity index (χ4v) is 1.98. The summed E-state index contributed by atoms with van der Waals surface area (Å²) >= 11 is 0. The van der Waals surface area contributed by atoms with Crippen LogP contribution in [-0.4, -0.2) is 19.4 Å². The van der Waals surface area contributed by atoms with Gasteiger partial charge in [0.25, 0.3) is 16.5 Å². The van der Waals surface area contributed by atoms with Crippen molar-refractivity contribution < 1.29 is 26.1 Å². The smallest absolute Gasteiger partial charge is 0.282 e. The summed E-state index contributed by atoms with van der Waals surface area (Å²) in [6.07, 6.45) is -3.60. The summed E-state index contributed by atoms with van der Waals surface area (Å²) in [6.45, 7) is 1.68. The maximum Gasteiger partial charge on any atom is 0.297 e. The van der Waals surface area contributed by atoms with Crippen LogP contribution in [0.5, 0.6) is 0 Å². The van der Waals surface area contributed by atoms with Crippen molar-refractivity contribution in [1.82, 2.24) is 0 Å². The van der Waals surface area contributed by atoms with Crippen LogP contribution in [0.1, 0.15) is 11.1 Å². The monoisotopic (exact) mass is 266 g/mol. The maximum atomic E-state index is 13.1. The van der Waals surface area contributed by atoms with Crippen molar-refractivity contribution in [3.05, 3.63) is 41.2 Å². The molecule has 0 amide bonds. The second-order valence-electron chi connectivity index (χ2n) is 3.32. The number of benzene rings is 1. The highest BCUT2D eigenvalue weighted by Crippen LogP contribution is 2.28. The van der Waals surface area contributed by atoms with Crippen molar-refractivity contribution in [3.8, 4) is 0 Å². The van der Waals surface area contributed by atoms with Gasteiger partial charge in [0.15, 0.2) is 5.83 Å². The van der Waals surface area contributed by atoms with E-state index < -0.39 is 27.3 Å². The molecule has 0 bridgehead atoms. The molecule has 17 heavy (non-hydrogen) atoms. The Labute approximate surface area is 96.3 Å². The van der Waals surface area contributed by atoms with Crippen LogP contribution in [0, 0.1) is 6.92 Å². The first-order valence-electron chi connectivity index (χ1n) is 4.46. The number of rotatable bonds is 3. The van der Waals surface area contributed by atoms with E-state index in [4.69, 9.17) is 4.55 Å². The van der Waals surface area contributed by atoms with Gasteiger partial charge >= 0.3 is 0 Å². The largest absolute Gasteiger partial charge is 0.297 e. The Morgan fingerprint density at radius 2 is 1.71 bits per heavy atom. The molecule has 3 nitrogen and oxygen atoms in total. The van der Waals surface area contributed by atoms with Crippen LogP contribution in [0.3, 0.4) is 0 Å². The van der Waals surface area contributed by atoms with Gasteiger partial charge in [0.05, 0.1) is 0 Å². The molecule has 1 rings (SSSR count). The molecule has 0 heterocycles. The minimum Gasteiger partial charge on any atom is -0.282 e. The predicted octanol–water partition coefficient (Wildman–Crippen LogP) is 2.79. The number of aryl methyl sites for hydroxylation is 1.